The summed E-state index contributed by atoms with van der Waals surface area (Å²) in [6.45, 7) is 0. The quantitative estimate of drug-likeness (QED) is 0.653. The van der Waals surface area contributed by atoms with Gasteiger partial charge in [0.2, 0.25) is 0 Å². The van der Waals surface area contributed by atoms with Crippen molar-refractivity contribution in [1.82, 2.24) is 0 Å². The number of aromatic hydroxyl groups is 1. The third-order valence-corrected chi connectivity index (χ3v) is 2.43. The van der Waals surface area contributed by atoms with E-state index in [4.69, 9.17) is 15.7 Å². The smallest absolute Gasteiger partial charge is 0.259 e. The molecule has 5 nitrogen and oxygen atoms in total. The van der Waals surface area contributed by atoms with Gasteiger partial charge in [0.25, 0.3) is 5.91 Å². The van der Waals surface area contributed by atoms with Crippen LogP contribution >= 0.6 is 15.9 Å². The van der Waals surface area contributed by atoms with Crippen molar-refractivity contribution in [3.63, 3.8) is 0 Å². The number of primary amides is 1. The van der Waals surface area contributed by atoms with Gasteiger partial charge in [0.15, 0.2) is 11.5 Å². The number of nitrogens with zero attached hydrogens (tertiary/aromatic N) is 1. The lowest BCUT2D eigenvalue weighted by Crippen LogP contribution is -2.12. The monoisotopic (exact) mass is 296 g/mol. The molecule has 0 radical (unpaired) electrons. The van der Waals surface area contributed by atoms with E-state index in [9.17, 15) is 9.90 Å². The van der Waals surface area contributed by atoms with Crippen LogP contribution in [-0.4, -0.2) is 18.1 Å². The Labute approximate surface area is 106 Å². The van der Waals surface area contributed by atoms with Crippen LogP contribution in [0.4, 0.5) is 0 Å². The highest BCUT2D eigenvalue weighted by Crippen LogP contribution is 2.34. The van der Waals surface area contributed by atoms with E-state index < -0.39 is 5.91 Å². The molecule has 0 bridgehead atoms. The molecule has 6 heteroatoms. The number of phenols is 1. The molecule has 0 aliphatic carbocycles. The van der Waals surface area contributed by atoms with Crippen molar-refractivity contribution >= 4 is 27.9 Å². The van der Waals surface area contributed by atoms with E-state index in [2.05, 4.69) is 15.9 Å². The molecule has 0 aromatic heterocycles. The molecular formula is C11H9BrN2O3. The molecule has 0 saturated heterocycles. The fourth-order valence-electron chi connectivity index (χ4n) is 1.17. The van der Waals surface area contributed by atoms with Crippen LogP contribution in [0, 0.1) is 11.3 Å². The van der Waals surface area contributed by atoms with Gasteiger partial charge in [-0.15, -0.1) is 0 Å². The first-order valence-electron chi connectivity index (χ1n) is 4.47. The molecule has 0 aliphatic rings. The van der Waals surface area contributed by atoms with Gasteiger partial charge in [-0.05, 0) is 18.2 Å². The topological polar surface area (TPSA) is 96.3 Å². The van der Waals surface area contributed by atoms with Crippen molar-refractivity contribution in [2.45, 2.75) is 0 Å². The normalized spacial score (nSPS) is 10.8. The Hall–Kier alpha value is -2.00. The molecule has 0 saturated carbocycles. The van der Waals surface area contributed by atoms with Crippen molar-refractivity contribution < 1.29 is 14.6 Å². The number of carbonyl (C=O) groups excluding carboxylic acids is 1. The number of benzene rings is 1. The summed E-state index contributed by atoms with van der Waals surface area (Å²) in [4.78, 5) is 10.9. The number of halogens is 1. The molecule has 1 amide bonds. The number of rotatable bonds is 3. The molecule has 0 spiro atoms. The summed E-state index contributed by atoms with van der Waals surface area (Å²) in [6.07, 6.45) is 1.20. The minimum absolute atomic E-state index is 0.162. The third-order valence-electron chi connectivity index (χ3n) is 1.97. The van der Waals surface area contributed by atoms with Crippen LogP contribution < -0.4 is 10.5 Å². The van der Waals surface area contributed by atoms with E-state index in [1.54, 1.807) is 12.1 Å². The van der Waals surface area contributed by atoms with Crippen LogP contribution in [0.15, 0.2) is 22.2 Å². The average Bonchev–Trinajstić information content (AvgIpc) is 2.29. The SMILES string of the molecule is COc1cc(Br)cc(C=C(C#N)C(N)=O)c1O. The maximum atomic E-state index is 10.9. The molecule has 0 fully saturated rings. The Morgan fingerprint density at radius 1 is 1.65 bits per heavy atom. The van der Waals surface area contributed by atoms with Gasteiger partial charge in [-0.3, -0.25) is 4.79 Å². The molecule has 0 aliphatic heterocycles. The zero-order valence-electron chi connectivity index (χ0n) is 8.90. The molecule has 1 aromatic rings. The highest BCUT2D eigenvalue weighted by Gasteiger charge is 2.11. The fourth-order valence-corrected chi connectivity index (χ4v) is 1.63. The zero-order valence-corrected chi connectivity index (χ0v) is 10.5. The summed E-state index contributed by atoms with van der Waals surface area (Å²) in [6, 6.07) is 4.75. The predicted molar refractivity (Wildman–Crippen MR) is 65.1 cm³/mol. The van der Waals surface area contributed by atoms with E-state index in [-0.39, 0.29) is 22.6 Å². The van der Waals surface area contributed by atoms with Crippen molar-refractivity contribution in [2.24, 2.45) is 5.73 Å². The molecular weight excluding hydrogens is 288 g/mol. The minimum atomic E-state index is -0.856. The summed E-state index contributed by atoms with van der Waals surface area (Å²) >= 11 is 3.22. The Balaban J connectivity index is 3.37. The van der Waals surface area contributed by atoms with Gasteiger partial charge in [-0.2, -0.15) is 5.26 Å². The van der Waals surface area contributed by atoms with Crippen LogP contribution in [-0.2, 0) is 4.79 Å². The number of hydrogen-bond acceptors (Lipinski definition) is 4. The highest BCUT2D eigenvalue weighted by atomic mass is 79.9. The molecule has 0 atom stereocenters. The molecule has 0 heterocycles. The van der Waals surface area contributed by atoms with E-state index in [1.807, 2.05) is 0 Å². The molecule has 0 unspecified atom stereocenters. The van der Waals surface area contributed by atoms with Crippen LogP contribution in [0.5, 0.6) is 11.5 Å². The lowest BCUT2D eigenvalue weighted by atomic mass is 10.1. The van der Waals surface area contributed by atoms with Gasteiger partial charge in [0.05, 0.1) is 7.11 Å². The molecule has 1 aromatic carbocycles. The minimum Gasteiger partial charge on any atom is -0.504 e. The summed E-state index contributed by atoms with van der Waals surface area (Å²) < 4.78 is 5.57. The number of nitriles is 1. The first kappa shape index (κ1) is 13.1. The van der Waals surface area contributed by atoms with E-state index in [0.717, 1.165) is 0 Å². The maximum absolute atomic E-state index is 10.9. The number of amides is 1. The van der Waals surface area contributed by atoms with Gasteiger partial charge in [0, 0.05) is 10.0 Å². The van der Waals surface area contributed by atoms with Gasteiger partial charge in [-0.25, -0.2) is 0 Å². The second-order valence-corrected chi connectivity index (χ2v) is 4.00. The third kappa shape index (κ3) is 2.98. The van der Waals surface area contributed by atoms with Gasteiger partial charge >= 0.3 is 0 Å². The number of phenolic OH excluding ortho intramolecular Hbond substituents is 1. The number of hydrogen-bond donors (Lipinski definition) is 2. The molecule has 3 N–H and O–H groups in total. The lowest BCUT2D eigenvalue weighted by molar-refractivity contribution is -0.114. The molecule has 88 valence electrons. The van der Waals surface area contributed by atoms with E-state index >= 15 is 0 Å². The standard InChI is InChI=1S/C11H9BrN2O3/c1-17-9-4-8(12)3-6(10(9)15)2-7(5-13)11(14)16/h2-4,15H,1H3,(H2,14,16). The number of methoxy groups -OCH3 is 1. The first-order valence-corrected chi connectivity index (χ1v) is 5.27. The van der Waals surface area contributed by atoms with Crippen LogP contribution in [0.3, 0.4) is 0 Å². The van der Waals surface area contributed by atoms with Crippen molar-refractivity contribution in [2.75, 3.05) is 7.11 Å². The van der Waals surface area contributed by atoms with Gasteiger partial charge < -0.3 is 15.6 Å². The fraction of sp³-hybridized carbons (Fsp3) is 0.0909. The maximum Gasteiger partial charge on any atom is 0.259 e. The summed E-state index contributed by atoms with van der Waals surface area (Å²) in [5, 5.41) is 18.5. The first-order chi connectivity index (χ1) is 7.99. The van der Waals surface area contributed by atoms with Crippen LogP contribution in [0.1, 0.15) is 5.56 Å². The highest BCUT2D eigenvalue weighted by molar-refractivity contribution is 9.10. The predicted octanol–water partition coefficient (Wildman–Crippen LogP) is 1.56. The van der Waals surface area contributed by atoms with Crippen LogP contribution in [0.25, 0.3) is 6.08 Å². The molecule has 1 rings (SSSR count). The zero-order chi connectivity index (χ0) is 13.0. The Morgan fingerprint density at radius 3 is 2.76 bits per heavy atom. The Morgan fingerprint density at radius 2 is 2.29 bits per heavy atom. The number of nitrogens with two attached hydrogens (primary N) is 1. The largest absolute Gasteiger partial charge is 0.504 e. The number of carbonyl (C=O) groups is 1. The summed E-state index contributed by atoms with van der Waals surface area (Å²) in [5.74, 6) is -0.789. The van der Waals surface area contributed by atoms with Gasteiger partial charge in [0.1, 0.15) is 11.6 Å². The van der Waals surface area contributed by atoms with Crippen LogP contribution in [0.2, 0.25) is 0 Å². The van der Waals surface area contributed by atoms with E-state index in [0.29, 0.717) is 4.47 Å². The van der Waals surface area contributed by atoms with Crippen molar-refractivity contribution in [3.8, 4) is 17.6 Å². The second-order valence-electron chi connectivity index (χ2n) is 3.08. The van der Waals surface area contributed by atoms with Gasteiger partial charge in [-0.1, -0.05) is 15.9 Å². The summed E-state index contributed by atoms with van der Waals surface area (Å²) in [5.41, 5.74) is 5.02. The molecule has 17 heavy (non-hydrogen) atoms. The number of ether oxygens (including phenoxy) is 1. The Bertz CT molecular complexity index is 532. The average molecular weight is 297 g/mol. The lowest BCUT2D eigenvalue weighted by Gasteiger charge is -2.07. The van der Waals surface area contributed by atoms with Crippen molar-refractivity contribution in [1.29, 1.82) is 5.26 Å². The van der Waals surface area contributed by atoms with Crippen molar-refractivity contribution in [3.05, 3.63) is 27.7 Å². The van der Waals surface area contributed by atoms with E-state index in [1.165, 1.54) is 19.3 Å². The Kier molecular flexibility index (Phi) is 4.12. The second kappa shape index (κ2) is 5.37. The summed E-state index contributed by atoms with van der Waals surface area (Å²) in [7, 11) is 1.40.